The van der Waals surface area contributed by atoms with Crippen molar-refractivity contribution in [3.63, 3.8) is 0 Å². The van der Waals surface area contributed by atoms with Crippen molar-refractivity contribution in [1.29, 1.82) is 0 Å². The number of benzene rings is 1. The zero-order valence-electron chi connectivity index (χ0n) is 9.79. The molecule has 0 aliphatic heterocycles. The number of hydrogen-bond acceptors (Lipinski definition) is 2. The maximum absolute atomic E-state index is 5.68. The Balaban J connectivity index is 2.98. The molecule has 88 valence electrons. The van der Waals surface area contributed by atoms with E-state index in [9.17, 15) is 0 Å². The highest BCUT2D eigenvalue weighted by Crippen LogP contribution is 2.25. The van der Waals surface area contributed by atoms with Crippen molar-refractivity contribution in [3.8, 4) is 5.75 Å². The lowest BCUT2D eigenvalue weighted by atomic mass is 10.1. The Morgan fingerprint density at radius 2 is 2.25 bits per heavy atom. The van der Waals surface area contributed by atoms with Gasteiger partial charge in [0.1, 0.15) is 5.75 Å². The van der Waals surface area contributed by atoms with E-state index in [0.29, 0.717) is 6.54 Å². The Morgan fingerprint density at radius 3 is 2.88 bits per heavy atom. The number of nitrogens with two attached hydrogens (primary N) is 1. The van der Waals surface area contributed by atoms with E-state index >= 15 is 0 Å². The summed E-state index contributed by atoms with van der Waals surface area (Å²) in [7, 11) is 0. The van der Waals surface area contributed by atoms with E-state index < -0.39 is 0 Å². The van der Waals surface area contributed by atoms with Crippen LogP contribution in [0.2, 0.25) is 0 Å². The molecule has 0 amide bonds. The lowest BCUT2D eigenvalue weighted by Gasteiger charge is -2.09. The molecular formula is C13H18BrNO. The van der Waals surface area contributed by atoms with Crippen molar-refractivity contribution < 1.29 is 4.74 Å². The van der Waals surface area contributed by atoms with Crippen LogP contribution in [0.15, 0.2) is 28.2 Å². The largest absolute Gasteiger partial charge is 0.493 e. The molecule has 0 spiro atoms. The summed E-state index contributed by atoms with van der Waals surface area (Å²) in [5.74, 6) is 0.915. The molecule has 0 saturated heterocycles. The third kappa shape index (κ3) is 3.99. The molecule has 0 atom stereocenters. The summed E-state index contributed by atoms with van der Waals surface area (Å²) < 4.78 is 6.73. The van der Waals surface area contributed by atoms with Gasteiger partial charge in [-0.25, -0.2) is 0 Å². The van der Waals surface area contributed by atoms with E-state index in [1.807, 2.05) is 25.1 Å². The quantitative estimate of drug-likeness (QED) is 0.896. The molecule has 2 N–H and O–H groups in total. The van der Waals surface area contributed by atoms with Crippen LogP contribution in [0.5, 0.6) is 5.75 Å². The number of hydrogen-bond donors (Lipinski definition) is 1. The van der Waals surface area contributed by atoms with Gasteiger partial charge in [0.2, 0.25) is 0 Å². The molecule has 0 radical (unpaired) electrons. The van der Waals surface area contributed by atoms with Gasteiger partial charge in [-0.2, -0.15) is 0 Å². The monoisotopic (exact) mass is 283 g/mol. The molecule has 1 aromatic rings. The molecule has 0 aliphatic carbocycles. The zero-order valence-corrected chi connectivity index (χ0v) is 11.4. The minimum atomic E-state index is 0.569. The lowest BCUT2D eigenvalue weighted by Crippen LogP contribution is -2.00. The smallest absolute Gasteiger partial charge is 0.126 e. The predicted octanol–water partition coefficient (Wildman–Crippen LogP) is 3.60. The fraction of sp³-hybridized carbons (Fsp3) is 0.385. The van der Waals surface area contributed by atoms with Crippen LogP contribution in [0.1, 0.15) is 25.8 Å². The van der Waals surface area contributed by atoms with Crippen molar-refractivity contribution >= 4 is 22.0 Å². The van der Waals surface area contributed by atoms with Gasteiger partial charge in [0.15, 0.2) is 0 Å². The number of halogens is 1. The van der Waals surface area contributed by atoms with Crippen molar-refractivity contribution in [2.24, 2.45) is 5.73 Å². The summed E-state index contributed by atoms with van der Waals surface area (Å²) in [6.07, 6.45) is 3.07. The molecule has 1 aromatic carbocycles. The average Bonchev–Trinajstić information content (AvgIpc) is 2.28. The molecule has 2 nitrogen and oxygen atoms in total. The standard InChI is InChI=1S/C13H18BrNO/c1-3-6-16-13-5-4-12(14)8-11(13)7-10(2)9-15/h4-5,7-8H,3,6,9,15H2,1-2H3. The van der Waals surface area contributed by atoms with E-state index in [0.717, 1.165) is 34.4 Å². The van der Waals surface area contributed by atoms with Crippen molar-refractivity contribution in [2.75, 3.05) is 13.2 Å². The summed E-state index contributed by atoms with van der Waals surface area (Å²) in [4.78, 5) is 0. The van der Waals surface area contributed by atoms with Gasteiger partial charge >= 0.3 is 0 Å². The Morgan fingerprint density at radius 1 is 1.50 bits per heavy atom. The van der Waals surface area contributed by atoms with Crippen LogP contribution < -0.4 is 10.5 Å². The molecule has 3 heteroatoms. The van der Waals surface area contributed by atoms with Gasteiger partial charge in [-0.15, -0.1) is 0 Å². The Kier molecular flexibility index (Phi) is 5.56. The first-order valence-corrected chi connectivity index (χ1v) is 6.26. The van der Waals surface area contributed by atoms with E-state index in [4.69, 9.17) is 10.5 Å². The van der Waals surface area contributed by atoms with E-state index in [-0.39, 0.29) is 0 Å². The van der Waals surface area contributed by atoms with Gasteiger partial charge in [0, 0.05) is 16.6 Å². The second-order valence-electron chi connectivity index (χ2n) is 3.73. The van der Waals surface area contributed by atoms with Crippen LogP contribution in [0.4, 0.5) is 0 Å². The van der Waals surface area contributed by atoms with Crippen LogP contribution in [0, 0.1) is 0 Å². The van der Waals surface area contributed by atoms with E-state index in [1.165, 1.54) is 0 Å². The highest BCUT2D eigenvalue weighted by atomic mass is 79.9. The molecular weight excluding hydrogens is 266 g/mol. The van der Waals surface area contributed by atoms with Crippen LogP contribution in [0.3, 0.4) is 0 Å². The third-order valence-corrected chi connectivity index (χ3v) is 2.65. The lowest BCUT2D eigenvalue weighted by molar-refractivity contribution is 0.316. The Bertz CT molecular complexity index is 374. The first-order valence-electron chi connectivity index (χ1n) is 5.47. The summed E-state index contributed by atoms with van der Waals surface area (Å²) in [5.41, 5.74) is 7.80. The Labute approximate surface area is 106 Å². The van der Waals surface area contributed by atoms with Gasteiger partial charge in [0.05, 0.1) is 6.61 Å². The van der Waals surface area contributed by atoms with Crippen molar-refractivity contribution in [2.45, 2.75) is 20.3 Å². The molecule has 0 fully saturated rings. The molecule has 0 heterocycles. The molecule has 0 bridgehead atoms. The number of ether oxygens (including phenoxy) is 1. The highest BCUT2D eigenvalue weighted by molar-refractivity contribution is 9.10. The third-order valence-electron chi connectivity index (χ3n) is 2.16. The second-order valence-corrected chi connectivity index (χ2v) is 4.64. The molecule has 0 aliphatic rings. The highest BCUT2D eigenvalue weighted by Gasteiger charge is 2.02. The van der Waals surface area contributed by atoms with E-state index in [2.05, 4.69) is 28.9 Å². The first-order chi connectivity index (χ1) is 7.67. The van der Waals surface area contributed by atoms with Gasteiger partial charge in [0.25, 0.3) is 0 Å². The maximum atomic E-state index is 5.68. The van der Waals surface area contributed by atoms with Gasteiger partial charge < -0.3 is 10.5 Å². The van der Waals surface area contributed by atoms with Crippen LogP contribution in [-0.2, 0) is 0 Å². The molecule has 0 saturated carbocycles. The van der Waals surface area contributed by atoms with Gasteiger partial charge in [-0.3, -0.25) is 0 Å². The minimum Gasteiger partial charge on any atom is -0.493 e. The zero-order chi connectivity index (χ0) is 12.0. The second kappa shape index (κ2) is 6.71. The molecule has 16 heavy (non-hydrogen) atoms. The predicted molar refractivity (Wildman–Crippen MR) is 72.6 cm³/mol. The van der Waals surface area contributed by atoms with Crippen LogP contribution in [-0.4, -0.2) is 13.2 Å². The Hall–Kier alpha value is -0.800. The first kappa shape index (κ1) is 13.3. The number of rotatable bonds is 5. The summed E-state index contributed by atoms with van der Waals surface area (Å²) in [5, 5.41) is 0. The summed E-state index contributed by atoms with van der Waals surface area (Å²) in [6, 6.07) is 6.01. The molecule has 0 aromatic heterocycles. The van der Waals surface area contributed by atoms with Crippen LogP contribution in [0.25, 0.3) is 6.08 Å². The van der Waals surface area contributed by atoms with Gasteiger partial charge in [-0.05, 0) is 31.5 Å². The minimum absolute atomic E-state index is 0.569. The average molecular weight is 284 g/mol. The van der Waals surface area contributed by atoms with Gasteiger partial charge in [-0.1, -0.05) is 34.5 Å². The molecule has 0 unspecified atom stereocenters. The topological polar surface area (TPSA) is 35.2 Å². The van der Waals surface area contributed by atoms with Crippen molar-refractivity contribution in [3.05, 3.63) is 33.8 Å². The fourth-order valence-corrected chi connectivity index (χ4v) is 1.68. The normalized spacial score (nSPS) is 11.6. The summed E-state index contributed by atoms with van der Waals surface area (Å²) >= 11 is 3.46. The summed E-state index contributed by atoms with van der Waals surface area (Å²) in [6.45, 7) is 5.42. The maximum Gasteiger partial charge on any atom is 0.126 e. The van der Waals surface area contributed by atoms with Crippen molar-refractivity contribution in [1.82, 2.24) is 0 Å². The fourth-order valence-electron chi connectivity index (χ4n) is 1.30. The van der Waals surface area contributed by atoms with Crippen LogP contribution >= 0.6 is 15.9 Å². The SMILES string of the molecule is CCCOc1ccc(Br)cc1C=C(C)CN. The molecule has 1 rings (SSSR count). The van der Waals surface area contributed by atoms with E-state index in [1.54, 1.807) is 0 Å².